The Balaban J connectivity index is 1.65. The minimum absolute atomic E-state index is 0.0522. The van der Waals surface area contributed by atoms with Crippen molar-refractivity contribution in [3.8, 4) is 6.01 Å². The van der Waals surface area contributed by atoms with Crippen LogP contribution in [-0.4, -0.2) is 27.2 Å². The maximum atomic E-state index is 12.6. The van der Waals surface area contributed by atoms with E-state index >= 15 is 0 Å². The predicted octanol–water partition coefficient (Wildman–Crippen LogP) is 3.88. The van der Waals surface area contributed by atoms with E-state index in [4.69, 9.17) is 14.0 Å². The maximum Gasteiger partial charge on any atom is 0.337 e. The predicted molar refractivity (Wildman–Crippen MR) is 120 cm³/mol. The molecule has 0 unspecified atom stereocenters. The molecule has 1 aliphatic carbocycles. The summed E-state index contributed by atoms with van der Waals surface area (Å²) in [5.74, 6) is 0.0649. The molecule has 2 heterocycles. The molecule has 0 amide bonds. The average molecular weight is 446 g/mol. The summed E-state index contributed by atoms with van der Waals surface area (Å²) < 4.78 is 10.5. The number of fused-ring (bicyclic) bond motifs is 1. The van der Waals surface area contributed by atoms with Crippen LogP contribution in [0.2, 0.25) is 0 Å². The number of aromatic amines is 1. The summed E-state index contributed by atoms with van der Waals surface area (Å²) in [6, 6.07) is 1.22. The second-order valence-corrected chi connectivity index (χ2v) is 9.23. The molecule has 0 atom stereocenters. The van der Waals surface area contributed by atoms with E-state index in [1.54, 1.807) is 0 Å². The van der Waals surface area contributed by atoms with E-state index < -0.39 is 16.8 Å². The van der Waals surface area contributed by atoms with Gasteiger partial charge in [0.05, 0.1) is 5.71 Å². The standard InChI is InChI=1S/C23H31N3O6/c1-5-6-7-15-13-17(27)30-21-19(15)20(29)24-22(25-21)32-26-16-10-8-14(9-11-16)12-18(28)31-23(2,3)4/h13-14H,5-12H2,1-4H3,(H,24,25,29). The molecular weight excluding hydrogens is 414 g/mol. The molecule has 1 saturated carbocycles. The monoisotopic (exact) mass is 445 g/mol. The third kappa shape index (κ3) is 6.51. The van der Waals surface area contributed by atoms with Gasteiger partial charge in [-0.3, -0.25) is 14.6 Å². The Morgan fingerprint density at radius 3 is 2.66 bits per heavy atom. The number of ether oxygens (including phenoxy) is 1. The molecule has 0 spiro atoms. The normalized spacial score (nSPS) is 16.8. The van der Waals surface area contributed by atoms with E-state index in [1.807, 2.05) is 27.7 Å². The fourth-order valence-electron chi connectivity index (χ4n) is 3.77. The summed E-state index contributed by atoms with van der Waals surface area (Å²) in [6.45, 7) is 7.61. The van der Waals surface area contributed by atoms with Crippen molar-refractivity contribution in [2.45, 2.75) is 84.7 Å². The number of nitrogens with one attached hydrogen (secondary N) is 1. The number of hydrogen-bond donors (Lipinski definition) is 1. The van der Waals surface area contributed by atoms with Gasteiger partial charge in [-0.25, -0.2) is 4.79 Å². The number of unbranched alkanes of at least 4 members (excludes halogenated alkanes) is 1. The van der Waals surface area contributed by atoms with Crippen LogP contribution in [0.25, 0.3) is 11.1 Å². The van der Waals surface area contributed by atoms with Crippen LogP contribution in [0.5, 0.6) is 6.01 Å². The van der Waals surface area contributed by atoms with E-state index in [1.165, 1.54) is 6.07 Å². The first-order valence-electron chi connectivity index (χ1n) is 11.2. The molecule has 32 heavy (non-hydrogen) atoms. The SMILES string of the molecule is CCCCc1cc(=O)oc2nc(ON=C3CCC(CC(=O)OC(C)(C)C)CC3)[nH]c(=O)c12. The molecule has 3 rings (SSSR count). The highest BCUT2D eigenvalue weighted by atomic mass is 16.6. The zero-order valence-electron chi connectivity index (χ0n) is 19.2. The highest BCUT2D eigenvalue weighted by molar-refractivity contribution is 5.85. The summed E-state index contributed by atoms with van der Waals surface area (Å²) in [7, 11) is 0. The average Bonchev–Trinajstić information content (AvgIpc) is 2.69. The van der Waals surface area contributed by atoms with Crippen LogP contribution in [0, 0.1) is 5.92 Å². The lowest BCUT2D eigenvalue weighted by molar-refractivity contribution is -0.156. The number of esters is 1. The molecule has 0 aromatic carbocycles. The molecule has 2 aromatic heterocycles. The number of H-pyrrole nitrogens is 1. The van der Waals surface area contributed by atoms with Gasteiger partial charge in [-0.15, -0.1) is 0 Å². The van der Waals surface area contributed by atoms with Gasteiger partial charge >= 0.3 is 17.6 Å². The first-order chi connectivity index (χ1) is 15.1. The Kier molecular flexibility index (Phi) is 7.48. The smallest absolute Gasteiger partial charge is 0.337 e. The first kappa shape index (κ1) is 23.7. The quantitative estimate of drug-likeness (QED) is 0.507. The van der Waals surface area contributed by atoms with Crippen molar-refractivity contribution in [2.24, 2.45) is 11.1 Å². The minimum Gasteiger partial charge on any atom is -0.460 e. The van der Waals surface area contributed by atoms with Crippen LogP contribution in [-0.2, 0) is 16.0 Å². The fourth-order valence-corrected chi connectivity index (χ4v) is 3.77. The molecular formula is C23H31N3O6. The lowest BCUT2D eigenvalue weighted by Gasteiger charge is -2.24. The second kappa shape index (κ2) is 10.1. The number of nitrogens with zero attached hydrogens (tertiary/aromatic N) is 2. The molecule has 1 aliphatic rings. The van der Waals surface area contributed by atoms with Crippen LogP contribution in [0.1, 0.15) is 78.2 Å². The van der Waals surface area contributed by atoms with Crippen molar-refractivity contribution < 1.29 is 18.8 Å². The van der Waals surface area contributed by atoms with Crippen molar-refractivity contribution in [1.82, 2.24) is 9.97 Å². The van der Waals surface area contributed by atoms with E-state index in [-0.39, 0.29) is 29.0 Å². The van der Waals surface area contributed by atoms with Gasteiger partial charge in [-0.2, -0.15) is 4.98 Å². The van der Waals surface area contributed by atoms with Crippen LogP contribution in [0.15, 0.2) is 25.2 Å². The van der Waals surface area contributed by atoms with Crippen LogP contribution >= 0.6 is 0 Å². The Hall–Kier alpha value is -2.97. The Morgan fingerprint density at radius 1 is 1.28 bits per heavy atom. The van der Waals surface area contributed by atoms with Crippen molar-refractivity contribution in [3.63, 3.8) is 0 Å². The summed E-state index contributed by atoms with van der Waals surface area (Å²) in [6.07, 6.45) is 5.74. The lowest BCUT2D eigenvalue weighted by atomic mass is 9.86. The molecule has 2 aromatic rings. The molecule has 174 valence electrons. The van der Waals surface area contributed by atoms with Crippen LogP contribution in [0.3, 0.4) is 0 Å². The lowest BCUT2D eigenvalue weighted by Crippen LogP contribution is -2.26. The third-order valence-electron chi connectivity index (χ3n) is 5.29. The van der Waals surface area contributed by atoms with Gasteiger partial charge < -0.3 is 14.0 Å². The fraction of sp³-hybridized carbons (Fsp3) is 0.609. The molecule has 1 fully saturated rings. The van der Waals surface area contributed by atoms with Gasteiger partial charge in [0.1, 0.15) is 11.0 Å². The van der Waals surface area contributed by atoms with Gasteiger partial charge in [0.15, 0.2) is 0 Å². The van der Waals surface area contributed by atoms with E-state index in [0.717, 1.165) is 31.4 Å². The van der Waals surface area contributed by atoms with E-state index in [0.29, 0.717) is 31.2 Å². The summed E-state index contributed by atoms with van der Waals surface area (Å²) in [5, 5.41) is 4.38. The number of aryl methyl sites for hydroxylation is 1. The minimum atomic E-state index is -0.553. The van der Waals surface area contributed by atoms with Gasteiger partial charge in [-0.1, -0.05) is 18.5 Å². The van der Waals surface area contributed by atoms with Crippen molar-refractivity contribution >= 4 is 22.8 Å². The van der Waals surface area contributed by atoms with E-state index in [2.05, 4.69) is 15.1 Å². The largest absolute Gasteiger partial charge is 0.460 e. The number of carbonyl (C=O) groups is 1. The van der Waals surface area contributed by atoms with Gasteiger partial charge in [0, 0.05) is 12.5 Å². The molecule has 0 bridgehead atoms. The molecule has 9 heteroatoms. The summed E-state index contributed by atoms with van der Waals surface area (Å²) in [4.78, 5) is 48.5. The highest BCUT2D eigenvalue weighted by Crippen LogP contribution is 2.26. The summed E-state index contributed by atoms with van der Waals surface area (Å²) in [5.41, 5.74) is -0.0716. The molecule has 0 radical (unpaired) electrons. The maximum absolute atomic E-state index is 12.6. The number of oxime groups is 1. The van der Waals surface area contributed by atoms with Gasteiger partial charge in [0.25, 0.3) is 5.56 Å². The number of hydrogen-bond acceptors (Lipinski definition) is 8. The van der Waals surface area contributed by atoms with Gasteiger partial charge in [-0.05, 0) is 70.8 Å². The molecule has 0 saturated heterocycles. The number of rotatable bonds is 7. The Bertz CT molecular complexity index is 1100. The zero-order chi connectivity index (χ0) is 23.3. The second-order valence-electron chi connectivity index (χ2n) is 9.23. The Labute approximate surface area is 186 Å². The molecule has 0 aliphatic heterocycles. The highest BCUT2D eigenvalue weighted by Gasteiger charge is 2.24. The molecule has 9 nitrogen and oxygen atoms in total. The Morgan fingerprint density at radius 2 is 2.00 bits per heavy atom. The number of aromatic nitrogens is 2. The van der Waals surface area contributed by atoms with Crippen LogP contribution < -0.4 is 16.0 Å². The third-order valence-corrected chi connectivity index (χ3v) is 5.29. The van der Waals surface area contributed by atoms with Crippen molar-refractivity contribution in [1.29, 1.82) is 0 Å². The molecule has 1 N–H and O–H groups in total. The van der Waals surface area contributed by atoms with E-state index in [9.17, 15) is 14.4 Å². The first-order valence-corrected chi connectivity index (χ1v) is 11.2. The van der Waals surface area contributed by atoms with Crippen molar-refractivity contribution in [2.75, 3.05) is 0 Å². The zero-order valence-corrected chi connectivity index (χ0v) is 19.2. The number of carbonyl (C=O) groups excluding carboxylic acids is 1. The van der Waals surface area contributed by atoms with Crippen molar-refractivity contribution in [3.05, 3.63) is 32.4 Å². The topological polar surface area (TPSA) is 124 Å². The van der Waals surface area contributed by atoms with Gasteiger partial charge in [0.2, 0.25) is 5.71 Å². The van der Waals surface area contributed by atoms with Crippen LogP contribution in [0.4, 0.5) is 0 Å². The summed E-state index contributed by atoms with van der Waals surface area (Å²) >= 11 is 0.